The first-order valence-electron chi connectivity index (χ1n) is 8.60. The minimum Gasteiger partial charge on any atom is -0.493 e. The van der Waals surface area contributed by atoms with Gasteiger partial charge in [-0.15, -0.1) is 0 Å². The van der Waals surface area contributed by atoms with Crippen molar-refractivity contribution in [2.45, 2.75) is 19.9 Å². The van der Waals surface area contributed by atoms with E-state index in [9.17, 15) is 9.59 Å². The predicted octanol–water partition coefficient (Wildman–Crippen LogP) is 3.34. The molecule has 1 unspecified atom stereocenters. The summed E-state index contributed by atoms with van der Waals surface area (Å²) in [7, 11) is 3.16. The molecular weight excluding hydrogens is 344 g/mol. The molecule has 0 saturated heterocycles. The van der Waals surface area contributed by atoms with Gasteiger partial charge >= 0.3 is 0 Å². The molecular formula is C21H22N2O4. The highest BCUT2D eigenvalue weighted by Crippen LogP contribution is 2.33. The zero-order valence-corrected chi connectivity index (χ0v) is 15.8. The van der Waals surface area contributed by atoms with E-state index in [0.29, 0.717) is 28.0 Å². The molecule has 2 N–H and O–H groups in total. The van der Waals surface area contributed by atoms with Crippen molar-refractivity contribution in [3.05, 3.63) is 69.5 Å². The number of fused-ring (bicyclic) bond motifs is 1. The summed E-state index contributed by atoms with van der Waals surface area (Å²) >= 11 is 0. The topological polar surface area (TPSA) is 80.4 Å². The van der Waals surface area contributed by atoms with Gasteiger partial charge < -0.3 is 19.8 Å². The van der Waals surface area contributed by atoms with E-state index in [1.54, 1.807) is 20.3 Å². The zero-order valence-electron chi connectivity index (χ0n) is 15.8. The number of carbonyl (C=O) groups excluding carboxylic acids is 1. The highest BCUT2D eigenvalue weighted by atomic mass is 16.5. The first-order valence-corrected chi connectivity index (χ1v) is 8.60. The lowest BCUT2D eigenvalue weighted by Gasteiger charge is -2.19. The van der Waals surface area contributed by atoms with Gasteiger partial charge in [0.1, 0.15) is 0 Å². The summed E-state index contributed by atoms with van der Waals surface area (Å²) in [5.74, 6) is 0.928. The van der Waals surface area contributed by atoms with Crippen LogP contribution in [0.5, 0.6) is 11.5 Å². The highest BCUT2D eigenvalue weighted by Gasteiger charge is 2.18. The van der Waals surface area contributed by atoms with Crippen molar-refractivity contribution in [1.29, 1.82) is 0 Å². The minimum absolute atomic E-state index is 0.282. The van der Waals surface area contributed by atoms with Crippen molar-refractivity contribution in [2.24, 2.45) is 0 Å². The summed E-state index contributed by atoms with van der Waals surface area (Å²) in [5.41, 5.74) is 2.55. The lowest BCUT2D eigenvalue weighted by atomic mass is 10.0. The zero-order chi connectivity index (χ0) is 19.6. The lowest BCUT2D eigenvalue weighted by Crippen LogP contribution is -2.28. The van der Waals surface area contributed by atoms with Crippen LogP contribution >= 0.6 is 0 Å². The van der Waals surface area contributed by atoms with Gasteiger partial charge in [-0.05, 0) is 43.2 Å². The molecule has 0 spiro atoms. The molecule has 3 aromatic rings. The number of nitrogens with one attached hydrogen (secondary N) is 2. The Morgan fingerprint density at radius 3 is 2.44 bits per heavy atom. The van der Waals surface area contributed by atoms with E-state index in [0.717, 1.165) is 11.1 Å². The molecule has 6 heteroatoms. The van der Waals surface area contributed by atoms with Crippen LogP contribution in [0.25, 0.3) is 10.9 Å². The Morgan fingerprint density at radius 2 is 1.74 bits per heavy atom. The molecule has 27 heavy (non-hydrogen) atoms. The number of pyridine rings is 1. The Hall–Kier alpha value is -3.28. The Labute approximate surface area is 157 Å². The third-order valence-electron chi connectivity index (χ3n) is 4.58. The molecule has 0 saturated carbocycles. The summed E-state index contributed by atoms with van der Waals surface area (Å²) < 4.78 is 10.7. The largest absolute Gasteiger partial charge is 0.493 e. The van der Waals surface area contributed by atoms with Crippen LogP contribution in [0.2, 0.25) is 0 Å². The Bertz CT molecular complexity index is 1060. The lowest BCUT2D eigenvalue weighted by molar-refractivity contribution is 0.0941. The van der Waals surface area contributed by atoms with Crippen LogP contribution < -0.4 is 20.3 Å². The Morgan fingerprint density at radius 1 is 1.07 bits per heavy atom. The number of rotatable bonds is 5. The molecule has 0 bridgehead atoms. The van der Waals surface area contributed by atoms with Crippen LogP contribution in [0.4, 0.5) is 0 Å². The maximum absolute atomic E-state index is 12.9. The number of para-hydroxylation sites is 1. The van der Waals surface area contributed by atoms with E-state index in [2.05, 4.69) is 10.3 Å². The van der Waals surface area contributed by atoms with E-state index in [1.807, 2.05) is 44.2 Å². The molecule has 0 aliphatic rings. The molecule has 2 aromatic carbocycles. The number of aromatic nitrogens is 1. The van der Waals surface area contributed by atoms with Gasteiger partial charge in [0, 0.05) is 17.0 Å². The van der Waals surface area contributed by atoms with Gasteiger partial charge in [0.2, 0.25) is 5.56 Å². The van der Waals surface area contributed by atoms with Crippen LogP contribution in [0.1, 0.15) is 34.5 Å². The quantitative estimate of drug-likeness (QED) is 0.726. The molecule has 3 rings (SSSR count). The summed E-state index contributed by atoms with van der Waals surface area (Å²) in [6.07, 6.45) is 0. The first-order chi connectivity index (χ1) is 12.9. The number of carbonyl (C=O) groups is 1. The van der Waals surface area contributed by atoms with Crippen molar-refractivity contribution >= 4 is 16.8 Å². The second-order valence-corrected chi connectivity index (χ2v) is 6.35. The average Bonchev–Trinajstić information content (AvgIpc) is 2.66. The van der Waals surface area contributed by atoms with E-state index in [1.165, 1.54) is 6.07 Å². The Kier molecular flexibility index (Phi) is 5.16. The maximum atomic E-state index is 12.9. The number of amides is 1. The molecule has 0 radical (unpaired) electrons. The van der Waals surface area contributed by atoms with Crippen molar-refractivity contribution in [3.63, 3.8) is 0 Å². The molecule has 140 valence electrons. The highest BCUT2D eigenvalue weighted by molar-refractivity contribution is 6.06. The summed E-state index contributed by atoms with van der Waals surface area (Å²) in [6, 6.07) is 12.0. The minimum atomic E-state index is -0.311. The summed E-state index contributed by atoms with van der Waals surface area (Å²) in [4.78, 5) is 27.5. The molecule has 6 nitrogen and oxygen atoms in total. The van der Waals surface area contributed by atoms with Gasteiger partial charge in [-0.3, -0.25) is 9.59 Å². The average molecular weight is 366 g/mol. The standard InChI is InChI=1S/C21H22N2O4/c1-12-9-18(26-3)19(27-4)10-15(12)13(2)22-21(25)16-11-20(24)23-17-8-6-5-7-14(16)17/h5-11,13H,1-4H3,(H,22,25)(H,23,24). The number of hydrogen-bond donors (Lipinski definition) is 2. The van der Waals surface area contributed by atoms with Crippen LogP contribution in [-0.2, 0) is 0 Å². The maximum Gasteiger partial charge on any atom is 0.252 e. The number of aromatic amines is 1. The second kappa shape index (κ2) is 7.53. The molecule has 0 aliphatic carbocycles. The fourth-order valence-corrected chi connectivity index (χ4v) is 3.21. The number of methoxy groups -OCH3 is 2. The van der Waals surface area contributed by atoms with E-state index < -0.39 is 0 Å². The molecule has 0 fully saturated rings. The number of benzene rings is 2. The number of aryl methyl sites for hydroxylation is 1. The Balaban J connectivity index is 1.94. The third-order valence-corrected chi connectivity index (χ3v) is 4.58. The van der Waals surface area contributed by atoms with Crippen LogP contribution in [-0.4, -0.2) is 25.1 Å². The molecule has 1 atom stereocenters. The van der Waals surface area contributed by atoms with Crippen molar-refractivity contribution in [3.8, 4) is 11.5 Å². The number of hydrogen-bond acceptors (Lipinski definition) is 4. The summed E-state index contributed by atoms with van der Waals surface area (Å²) in [5, 5.41) is 3.67. The monoisotopic (exact) mass is 366 g/mol. The number of H-pyrrole nitrogens is 1. The first kappa shape index (κ1) is 18.5. The van der Waals surface area contributed by atoms with Gasteiger partial charge in [-0.1, -0.05) is 18.2 Å². The second-order valence-electron chi connectivity index (χ2n) is 6.35. The molecule has 0 aliphatic heterocycles. The predicted molar refractivity (Wildman–Crippen MR) is 105 cm³/mol. The van der Waals surface area contributed by atoms with Gasteiger partial charge in [-0.25, -0.2) is 0 Å². The van der Waals surface area contributed by atoms with Crippen molar-refractivity contribution in [1.82, 2.24) is 10.3 Å². The fraction of sp³-hybridized carbons (Fsp3) is 0.238. The van der Waals surface area contributed by atoms with E-state index in [4.69, 9.17) is 9.47 Å². The normalized spacial score (nSPS) is 11.9. The summed E-state index contributed by atoms with van der Waals surface area (Å²) in [6.45, 7) is 3.84. The third kappa shape index (κ3) is 3.65. The van der Waals surface area contributed by atoms with Crippen molar-refractivity contribution in [2.75, 3.05) is 14.2 Å². The SMILES string of the molecule is COc1cc(C)c(C(C)NC(=O)c2cc(=O)[nH]c3ccccc23)cc1OC. The molecule has 1 amide bonds. The smallest absolute Gasteiger partial charge is 0.252 e. The van der Waals surface area contributed by atoms with E-state index >= 15 is 0 Å². The molecule has 1 aromatic heterocycles. The van der Waals surface area contributed by atoms with Gasteiger partial charge in [-0.2, -0.15) is 0 Å². The number of ether oxygens (including phenoxy) is 2. The molecule has 1 heterocycles. The van der Waals surface area contributed by atoms with Gasteiger partial charge in [0.05, 0.1) is 25.8 Å². The van der Waals surface area contributed by atoms with Crippen LogP contribution in [0.15, 0.2) is 47.3 Å². The van der Waals surface area contributed by atoms with E-state index in [-0.39, 0.29) is 17.5 Å². The van der Waals surface area contributed by atoms with Crippen LogP contribution in [0.3, 0.4) is 0 Å². The van der Waals surface area contributed by atoms with Gasteiger partial charge in [0.25, 0.3) is 5.91 Å². The van der Waals surface area contributed by atoms with Crippen molar-refractivity contribution < 1.29 is 14.3 Å². The fourth-order valence-electron chi connectivity index (χ4n) is 3.21. The van der Waals surface area contributed by atoms with Gasteiger partial charge in [0.15, 0.2) is 11.5 Å². The van der Waals surface area contributed by atoms with Crippen LogP contribution in [0, 0.1) is 6.92 Å².